The second kappa shape index (κ2) is 14.0. The SMILES string of the molecule is C=C(F)C(=O)NCc1cncc(C#CCN(C(=O)Cc2ccccc2C(F)(F)F)C2=CCC(F)(c3ccccc3C(F)(F)F)C=C2)c1. The fraction of sp³-hybridized carbons (Fsp3) is 0.206. The zero-order chi connectivity index (χ0) is 34.4. The first kappa shape index (κ1) is 34.6. The van der Waals surface area contributed by atoms with E-state index in [-0.39, 0.29) is 17.8 Å². The van der Waals surface area contributed by atoms with Gasteiger partial charge in [-0.15, -0.1) is 0 Å². The Kier molecular flexibility index (Phi) is 10.3. The Hall–Kier alpha value is -5.25. The van der Waals surface area contributed by atoms with Crippen molar-refractivity contribution in [2.75, 3.05) is 6.54 Å². The van der Waals surface area contributed by atoms with Gasteiger partial charge in [0.1, 0.15) is 0 Å². The van der Waals surface area contributed by atoms with Gasteiger partial charge in [0.2, 0.25) is 5.91 Å². The monoisotopic (exact) mass is 659 g/mol. The van der Waals surface area contributed by atoms with Crippen molar-refractivity contribution in [2.45, 2.75) is 37.4 Å². The van der Waals surface area contributed by atoms with Crippen molar-refractivity contribution in [1.29, 1.82) is 0 Å². The summed E-state index contributed by atoms with van der Waals surface area (Å²) in [5.41, 5.74) is -4.96. The molecule has 2 amide bonds. The smallest absolute Gasteiger partial charge is 0.346 e. The van der Waals surface area contributed by atoms with Gasteiger partial charge in [0, 0.05) is 42.2 Å². The molecule has 2 aromatic carbocycles. The maximum Gasteiger partial charge on any atom is 0.416 e. The second-order valence-corrected chi connectivity index (χ2v) is 10.4. The van der Waals surface area contributed by atoms with E-state index in [2.05, 4.69) is 28.7 Å². The zero-order valence-electron chi connectivity index (χ0n) is 24.4. The highest BCUT2D eigenvalue weighted by molar-refractivity contribution is 5.90. The summed E-state index contributed by atoms with van der Waals surface area (Å²) in [4.78, 5) is 29.9. The van der Waals surface area contributed by atoms with Crippen LogP contribution in [0.1, 0.15) is 39.8 Å². The lowest BCUT2D eigenvalue weighted by Gasteiger charge is -2.30. The molecule has 0 fully saturated rings. The fourth-order valence-corrected chi connectivity index (χ4v) is 4.78. The maximum atomic E-state index is 16.0. The second-order valence-electron chi connectivity index (χ2n) is 10.4. The fourth-order valence-electron chi connectivity index (χ4n) is 4.78. The van der Waals surface area contributed by atoms with Gasteiger partial charge < -0.3 is 10.2 Å². The van der Waals surface area contributed by atoms with Crippen LogP contribution in [0.3, 0.4) is 0 Å². The summed E-state index contributed by atoms with van der Waals surface area (Å²) in [6, 6.07) is 10.2. The first-order valence-corrected chi connectivity index (χ1v) is 13.8. The van der Waals surface area contributed by atoms with Crippen molar-refractivity contribution in [3.05, 3.63) is 137 Å². The summed E-state index contributed by atoms with van der Waals surface area (Å²) >= 11 is 0. The van der Waals surface area contributed by atoms with Crippen LogP contribution in [0.25, 0.3) is 0 Å². The van der Waals surface area contributed by atoms with Gasteiger partial charge in [-0.1, -0.05) is 60.9 Å². The molecule has 1 unspecified atom stereocenters. The van der Waals surface area contributed by atoms with Crippen LogP contribution in [0.15, 0.2) is 103 Å². The van der Waals surface area contributed by atoms with Crippen molar-refractivity contribution < 1.29 is 44.7 Å². The van der Waals surface area contributed by atoms with E-state index in [1.807, 2.05) is 0 Å². The lowest BCUT2D eigenvalue weighted by atomic mass is 9.85. The van der Waals surface area contributed by atoms with Crippen molar-refractivity contribution in [1.82, 2.24) is 15.2 Å². The number of allylic oxidation sites excluding steroid dienone is 3. The third-order valence-corrected chi connectivity index (χ3v) is 7.05. The third kappa shape index (κ3) is 8.72. The van der Waals surface area contributed by atoms with E-state index < -0.39 is 71.7 Å². The maximum absolute atomic E-state index is 16.0. The summed E-state index contributed by atoms with van der Waals surface area (Å²) < 4.78 is 111. The number of pyridine rings is 1. The van der Waals surface area contributed by atoms with Crippen LogP contribution in [-0.4, -0.2) is 28.2 Å². The molecule has 13 heteroatoms. The quantitative estimate of drug-likeness (QED) is 0.156. The van der Waals surface area contributed by atoms with Gasteiger partial charge in [0.25, 0.3) is 5.91 Å². The van der Waals surface area contributed by atoms with Crippen molar-refractivity contribution in [3.8, 4) is 11.8 Å². The lowest BCUT2D eigenvalue weighted by molar-refractivity contribution is -0.139. The number of hydrogen-bond acceptors (Lipinski definition) is 3. The number of hydrogen-bond donors (Lipinski definition) is 1. The van der Waals surface area contributed by atoms with Crippen molar-refractivity contribution >= 4 is 11.8 Å². The normalized spacial score (nSPS) is 16.0. The van der Waals surface area contributed by atoms with Crippen LogP contribution in [-0.2, 0) is 40.6 Å². The van der Waals surface area contributed by atoms with Gasteiger partial charge in [0.05, 0.1) is 24.1 Å². The molecule has 0 spiro atoms. The van der Waals surface area contributed by atoms with E-state index in [4.69, 9.17) is 0 Å². The molecule has 1 N–H and O–H groups in total. The standard InChI is InChI=1S/C34H25F8N3O2/c1-22(35)31(47)44-21-24-17-23(19-43-20-24)7-6-16-45(30(46)18-25-8-2-3-9-27(25)33(37,38)39)26-12-14-32(36,15-13-26)28-10-4-5-11-29(28)34(40,41)42/h2-5,8-14,17,19-20H,1,15-16,18,21H2,(H,44,47). The first-order valence-electron chi connectivity index (χ1n) is 13.8. The molecule has 47 heavy (non-hydrogen) atoms. The Labute approximate surface area is 264 Å². The molecule has 1 aromatic heterocycles. The minimum absolute atomic E-state index is 0.0209. The van der Waals surface area contributed by atoms with Gasteiger partial charge in [-0.2, -0.15) is 26.3 Å². The summed E-state index contributed by atoms with van der Waals surface area (Å²) in [5.74, 6) is 2.42. The number of benzene rings is 2. The number of carbonyl (C=O) groups is 2. The summed E-state index contributed by atoms with van der Waals surface area (Å²) in [6.45, 7) is 2.39. The van der Waals surface area contributed by atoms with Crippen LogP contribution in [0.2, 0.25) is 0 Å². The summed E-state index contributed by atoms with van der Waals surface area (Å²) in [7, 11) is 0. The van der Waals surface area contributed by atoms with Gasteiger partial charge in [-0.3, -0.25) is 14.6 Å². The van der Waals surface area contributed by atoms with E-state index in [1.165, 1.54) is 42.7 Å². The average molecular weight is 660 g/mol. The van der Waals surface area contributed by atoms with E-state index in [0.717, 1.165) is 47.4 Å². The lowest BCUT2D eigenvalue weighted by Crippen LogP contribution is -2.34. The van der Waals surface area contributed by atoms with Crippen molar-refractivity contribution in [2.24, 2.45) is 0 Å². The molecule has 244 valence electrons. The van der Waals surface area contributed by atoms with E-state index in [0.29, 0.717) is 11.1 Å². The highest BCUT2D eigenvalue weighted by Gasteiger charge is 2.41. The van der Waals surface area contributed by atoms with E-state index >= 15 is 4.39 Å². The van der Waals surface area contributed by atoms with Crippen LogP contribution in [0.4, 0.5) is 35.1 Å². The molecule has 5 nitrogen and oxygen atoms in total. The highest BCUT2D eigenvalue weighted by Crippen LogP contribution is 2.43. The number of rotatable bonds is 8. The minimum atomic E-state index is -4.84. The Morgan fingerprint density at radius 2 is 1.64 bits per heavy atom. The van der Waals surface area contributed by atoms with Crippen molar-refractivity contribution in [3.63, 3.8) is 0 Å². The molecule has 0 saturated heterocycles. The molecule has 1 aliphatic rings. The molecule has 3 aromatic rings. The van der Waals surface area contributed by atoms with Crippen LogP contribution < -0.4 is 5.32 Å². The number of nitrogens with one attached hydrogen (secondary N) is 1. The predicted octanol–water partition coefficient (Wildman–Crippen LogP) is 7.35. The number of carbonyl (C=O) groups excluding carboxylic acids is 2. The number of nitrogens with zero attached hydrogens (tertiary/aromatic N) is 2. The number of amides is 2. The minimum Gasteiger partial charge on any atom is -0.346 e. The van der Waals surface area contributed by atoms with E-state index in [1.54, 1.807) is 0 Å². The van der Waals surface area contributed by atoms with Crippen LogP contribution in [0.5, 0.6) is 0 Å². The largest absolute Gasteiger partial charge is 0.416 e. The third-order valence-electron chi connectivity index (χ3n) is 7.05. The van der Waals surface area contributed by atoms with Crippen LogP contribution >= 0.6 is 0 Å². The molecule has 0 bridgehead atoms. The molecule has 0 aliphatic heterocycles. The molecule has 0 saturated carbocycles. The number of aromatic nitrogens is 1. The van der Waals surface area contributed by atoms with Gasteiger partial charge in [-0.25, -0.2) is 8.78 Å². The van der Waals surface area contributed by atoms with Crippen LogP contribution in [0, 0.1) is 11.8 Å². The summed E-state index contributed by atoms with van der Waals surface area (Å²) in [6.07, 6.45) is -5.01. The molecular weight excluding hydrogens is 634 g/mol. The first-order chi connectivity index (χ1) is 22.1. The summed E-state index contributed by atoms with van der Waals surface area (Å²) in [5, 5.41) is 2.28. The van der Waals surface area contributed by atoms with Gasteiger partial charge in [-0.05, 0) is 41.5 Å². The molecule has 1 atom stereocenters. The van der Waals surface area contributed by atoms with Gasteiger partial charge >= 0.3 is 12.4 Å². The molecule has 1 aliphatic carbocycles. The zero-order valence-corrected chi connectivity index (χ0v) is 24.4. The van der Waals surface area contributed by atoms with Gasteiger partial charge in [0.15, 0.2) is 11.5 Å². The highest BCUT2D eigenvalue weighted by atomic mass is 19.4. The Morgan fingerprint density at radius 3 is 2.28 bits per heavy atom. The average Bonchev–Trinajstić information content (AvgIpc) is 3.02. The van der Waals surface area contributed by atoms with E-state index in [9.17, 15) is 40.3 Å². The topological polar surface area (TPSA) is 62.3 Å². The molecule has 1 heterocycles. The Morgan fingerprint density at radius 1 is 0.979 bits per heavy atom. The number of alkyl halides is 7. The molecule has 0 radical (unpaired) electrons. The Balaban J connectivity index is 1.63. The molecule has 4 rings (SSSR count). The predicted molar refractivity (Wildman–Crippen MR) is 156 cm³/mol. The number of halogens is 8. The molecular formula is C34H25F8N3O2. The Bertz CT molecular complexity index is 1800.